The summed E-state index contributed by atoms with van der Waals surface area (Å²) in [5.74, 6) is 0. The summed E-state index contributed by atoms with van der Waals surface area (Å²) in [5.41, 5.74) is 0.991. The first kappa shape index (κ1) is 10.6. The first-order valence-corrected chi connectivity index (χ1v) is 4.41. The normalized spacial score (nSPS) is 12.0. The van der Waals surface area contributed by atoms with Gasteiger partial charge < -0.3 is 14.3 Å². The van der Waals surface area contributed by atoms with Crippen LogP contribution in [-0.4, -0.2) is 18.7 Å². The Hall–Kier alpha value is -1.48. The molecule has 0 amide bonds. The van der Waals surface area contributed by atoms with Gasteiger partial charge in [-0.25, -0.2) is 0 Å². The van der Waals surface area contributed by atoms with Gasteiger partial charge in [0.1, 0.15) is 18.7 Å². The van der Waals surface area contributed by atoms with Crippen LogP contribution in [0.5, 0.6) is 0 Å². The predicted molar refractivity (Wildman–Crippen MR) is 51.8 cm³/mol. The molecule has 0 radical (unpaired) electrons. The quantitative estimate of drug-likeness (QED) is 0.639. The molecule has 1 aromatic rings. The molecule has 0 bridgehead atoms. The summed E-state index contributed by atoms with van der Waals surface area (Å²) in [6, 6.07) is 9.51. The van der Waals surface area contributed by atoms with E-state index in [9.17, 15) is 9.59 Å². The molecule has 0 heterocycles. The Morgan fingerprint density at radius 3 is 2.50 bits per heavy atom. The first-order valence-electron chi connectivity index (χ1n) is 4.41. The van der Waals surface area contributed by atoms with Crippen molar-refractivity contribution in [2.24, 2.45) is 0 Å². The molecule has 1 rings (SSSR count). The lowest BCUT2D eigenvalue weighted by Gasteiger charge is -2.08. The molecule has 0 aliphatic carbocycles. The number of carbonyl (C=O) groups is 2. The highest BCUT2D eigenvalue weighted by atomic mass is 16.5. The molecule has 0 fully saturated rings. The Labute approximate surface area is 82.7 Å². The highest BCUT2D eigenvalue weighted by Gasteiger charge is 2.06. The van der Waals surface area contributed by atoms with Gasteiger partial charge in [-0.2, -0.15) is 0 Å². The third-order valence-electron chi connectivity index (χ3n) is 1.79. The van der Waals surface area contributed by atoms with Crippen LogP contribution in [0.3, 0.4) is 0 Å². The van der Waals surface area contributed by atoms with Crippen molar-refractivity contribution in [3.63, 3.8) is 0 Å². The average molecular weight is 192 g/mol. The fourth-order valence-corrected chi connectivity index (χ4v) is 1.04. The number of aldehydes is 2. The van der Waals surface area contributed by atoms with Crippen LogP contribution in [0.2, 0.25) is 0 Å². The van der Waals surface area contributed by atoms with Crippen LogP contribution in [0, 0.1) is 0 Å². The molecule has 14 heavy (non-hydrogen) atoms. The zero-order valence-corrected chi connectivity index (χ0v) is 7.76. The maximum atomic E-state index is 10.4. The van der Waals surface area contributed by atoms with Crippen LogP contribution >= 0.6 is 0 Å². The molecule has 3 heteroatoms. The Kier molecular flexibility index (Phi) is 4.58. The van der Waals surface area contributed by atoms with E-state index in [0.717, 1.165) is 5.56 Å². The zero-order chi connectivity index (χ0) is 10.2. The maximum absolute atomic E-state index is 10.4. The monoisotopic (exact) mass is 192 g/mol. The highest BCUT2D eigenvalue weighted by Crippen LogP contribution is 2.03. The van der Waals surface area contributed by atoms with Gasteiger partial charge in [-0.15, -0.1) is 0 Å². The fourth-order valence-electron chi connectivity index (χ4n) is 1.04. The van der Waals surface area contributed by atoms with Crippen molar-refractivity contribution in [3.05, 3.63) is 35.9 Å². The van der Waals surface area contributed by atoms with E-state index in [1.54, 1.807) is 0 Å². The summed E-state index contributed by atoms with van der Waals surface area (Å²) >= 11 is 0. The van der Waals surface area contributed by atoms with E-state index in [2.05, 4.69) is 0 Å². The van der Waals surface area contributed by atoms with Crippen molar-refractivity contribution in [1.29, 1.82) is 0 Å². The van der Waals surface area contributed by atoms with Crippen molar-refractivity contribution in [2.75, 3.05) is 0 Å². The van der Waals surface area contributed by atoms with E-state index in [-0.39, 0.29) is 6.42 Å². The molecule has 1 atom stereocenters. The van der Waals surface area contributed by atoms with Gasteiger partial charge in [0.05, 0.1) is 6.61 Å². The van der Waals surface area contributed by atoms with Gasteiger partial charge in [-0.3, -0.25) is 0 Å². The van der Waals surface area contributed by atoms with E-state index in [0.29, 0.717) is 19.2 Å². The molecule has 1 unspecified atom stereocenters. The van der Waals surface area contributed by atoms with E-state index in [1.165, 1.54) is 0 Å². The molecule has 0 aromatic heterocycles. The lowest BCUT2D eigenvalue weighted by atomic mass is 10.2. The van der Waals surface area contributed by atoms with Crippen LogP contribution < -0.4 is 0 Å². The summed E-state index contributed by atoms with van der Waals surface area (Å²) in [6.45, 7) is 0.359. The zero-order valence-electron chi connectivity index (χ0n) is 7.76. The standard InChI is InChI=1S/C11H12O3/c12-7-6-11(8-13)14-9-10-4-2-1-3-5-10/h1-5,7-8,11H,6,9H2. The Morgan fingerprint density at radius 2 is 1.93 bits per heavy atom. The minimum absolute atomic E-state index is 0.121. The number of hydrogen-bond acceptors (Lipinski definition) is 3. The molecule has 0 saturated heterocycles. The second kappa shape index (κ2) is 6.05. The molecule has 0 aliphatic rings. The van der Waals surface area contributed by atoms with E-state index in [1.807, 2.05) is 30.3 Å². The minimum Gasteiger partial charge on any atom is -0.366 e. The molecular formula is C11H12O3. The summed E-state index contributed by atoms with van der Waals surface area (Å²) in [7, 11) is 0. The van der Waals surface area contributed by atoms with Gasteiger partial charge >= 0.3 is 0 Å². The average Bonchev–Trinajstić information content (AvgIpc) is 2.25. The van der Waals surface area contributed by atoms with Crippen molar-refractivity contribution in [2.45, 2.75) is 19.1 Å². The predicted octanol–water partition coefficient (Wildman–Crippen LogP) is 1.36. The van der Waals surface area contributed by atoms with Gasteiger partial charge in [0.2, 0.25) is 0 Å². The smallest absolute Gasteiger partial charge is 0.149 e. The van der Waals surface area contributed by atoms with E-state index >= 15 is 0 Å². The maximum Gasteiger partial charge on any atom is 0.149 e. The van der Waals surface area contributed by atoms with Gasteiger partial charge in [0, 0.05) is 6.42 Å². The van der Waals surface area contributed by atoms with Crippen LogP contribution in [0.1, 0.15) is 12.0 Å². The Balaban J connectivity index is 2.39. The molecule has 0 N–H and O–H groups in total. The summed E-state index contributed by atoms with van der Waals surface area (Å²) in [5, 5.41) is 0. The van der Waals surface area contributed by atoms with Crippen molar-refractivity contribution < 1.29 is 14.3 Å². The number of rotatable bonds is 6. The Bertz CT molecular complexity index is 282. The van der Waals surface area contributed by atoms with Crippen molar-refractivity contribution in [1.82, 2.24) is 0 Å². The van der Waals surface area contributed by atoms with Crippen molar-refractivity contribution in [3.8, 4) is 0 Å². The number of benzene rings is 1. The molecule has 1 aromatic carbocycles. The van der Waals surface area contributed by atoms with E-state index < -0.39 is 6.10 Å². The second-order valence-electron chi connectivity index (χ2n) is 2.87. The molecular weight excluding hydrogens is 180 g/mol. The lowest BCUT2D eigenvalue weighted by Crippen LogP contribution is -2.14. The largest absolute Gasteiger partial charge is 0.366 e. The number of carbonyl (C=O) groups excluding carboxylic acids is 2. The Morgan fingerprint density at radius 1 is 1.21 bits per heavy atom. The summed E-state index contributed by atoms with van der Waals surface area (Å²) in [6.07, 6.45) is 0.838. The fraction of sp³-hybridized carbons (Fsp3) is 0.273. The summed E-state index contributed by atoms with van der Waals surface area (Å²) < 4.78 is 5.22. The number of hydrogen-bond donors (Lipinski definition) is 0. The third kappa shape index (κ3) is 3.49. The van der Waals surface area contributed by atoms with E-state index in [4.69, 9.17) is 4.74 Å². The first-order chi connectivity index (χ1) is 6.86. The molecule has 0 aliphatic heterocycles. The summed E-state index contributed by atoms with van der Waals surface area (Å²) in [4.78, 5) is 20.6. The van der Waals surface area contributed by atoms with Gasteiger partial charge in [-0.05, 0) is 5.56 Å². The number of ether oxygens (including phenoxy) is 1. The molecule has 3 nitrogen and oxygen atoms in total. The van der Waals surface area contributed by atoms with Crippen molar-refractivity contribution >= 4 is 12.6 Å². The van der Waals surface area contributed by atoms with Crippen LogP contribution in [-0.2, 0) is 20.9 Å². The third-order valence-corrected chi connectivity index (χ3v) is 1.79. The molecule has 0 spiro atoms. The van der Waals surface area contributed by atoms with Crippen LogP contribution in [0.4, 0.5) is 0 Å². The highest BCUT2D eigenvalue weighted by molar-refractivity contribution is 5.63. The van der Waals surface area contributed by atoms with Gasteiger partial charge in [0.15, 0.2) is 0 Å². The minimum atomic E-state index is -0.618. The van der Waals surface area contributed by atoms with Gasteiger partial charge in [-0.1, -0.05) is 30.3 Å². The topological polar surface area (TPSA) is 43.4 Å². The van der Waals surface area contributed by atoms with Gasteiger partial charge in [0.25, 0.3) is 0 Å². The lowest BCUT2D eigenvalue weighted by molar-refractivity contribution is -0.123. The molecule has 74 valence electrons. The van der Waals surface area contributed by atoms with Crippen LogP contribution in [0.15, 0.2) is 30.3 Å². The van der Waals surface area contributed by atoms with Crippen LogP contribution in [0.25, 0.3) is 0 Å². The second-order valence-corrected chi connectivity index (χ2v) is 2.87. The SMILES string of the molecule is O=CCC(C=O)OCc1ccccc1. The molecule has 0 saturated carbocycles.